The number of hydrogen-bond acceptors (Lipinski definition) is 4. The van der Waals surface area contributed by atoms with E-state index in [1.54, 1.807) is 0 Å². The lowest BCUT2D eigenvalue weighted by atomic mass is 10.1. The number of carbonyl (C=O) groups is 2. The van der Waals surface area contributed by atoms with Gasteiger partial charge in [0.1, 0.15) is 12.1 Å². The van der Waals surface area contributed by atoms with Crippen LogP contribution in [0.4, 0.5) is 0 Å². The Morgan fingerprint density at radius 2 is 2.00 bits per heavy atom. The number of benzene rings is 1. The average Bonchev–Trinajstić information content (AvgIpc) is 2.94. The van der Waals surface area contributed by atoms with Gasteiger partial charge in [-0.15, -0.1) is 0 Å². The third kappa shape index (κ3) is 4.03. The molecular formula is C15H21N3O3. The first-order valence-corrected chi connectivity index (χ1v) is 7.02. The van der Waals surface area contributed by atoms with Crippen LogP contribution in [0.15, 0.2) is 24.3 Å². The Balaban J connectivity index is 1.82. The topological polar surface area (TPSA) is 107 Å². The fourth-order valence-electron chi connectivity index (χ4n) is 2.31. The van der Waals surface area contributed by atoms with Crippen molar-refractivity contribution < 1.29 is 14.3 Å². The van der Waals surface area contributed by atoms with Gasteiger partial charge in [-0.3, -0.25) is 9.59 Å². The largest absolute Gasteiger partial charge is 0.367 e. The Morgan fingerprint density at radius 3 is 2.57 bits per heavy atom. The summed E-state index contributed by atoms with van der Waals surface area (Å²) in [4.78, 5) is 23.0. The Labute approximate surface area is 123 Å². The molecule has 21 heavy (non-hydrogen) atoms. The summed E-state index contributed by atoms with van der Waals surface area (Å²) < 4.78 is 5.44. The molecule has 1 aliphatic heterocycles. The first kappa shape index (κ1) is 15.5. The fourth-order valence-corrected chi connectivity index (χ4v) is 2.31. The van der Waals surface area contributed by atoms with Crippen LogP contribution in [0, 0.1) is 6.92 Å². The zero-order chi connectivity index (χ0) is 15.4. The highest BCUT2D eigenvalue weighted by Gasteiger charge is 2.29. The Bertz CT molecular complexity index is 515. The number of primary amides is 1. The minimum absolute atomic E-state index is 0.184. The Kier molecular flexibility index (Phi) is 4.93. The highest BCUT2D eigenvalue weighted by Crippen LogP contribution is 2.19. The average molecular weight is 291 g/mol. The normalized spacial score (nSPS) is 22.8. The van der Waals surface area contributed by atoms with Gasteiger partial charge in [0.2, 0.25) is 11.8 Å². The van der Waals surface area contributed by atoms with Crippen molar-refractivity contribution in [1.29, 1.82) is 0 Å². The van der Waals surface area contributed by atoms with Crippen LogP contribution in [0.1, 0.15) is 30.0 Å². The van der Waals surface area contributed by atoms with Crippen LogP contribution in [0.5, 0.6) is 0 Å². The van der Waals surface area contributed by atoms with Gasteiger partial charge in [0.15, 0.2) is 0 Å². The number of hydrogen-bond donors (Lipinski definition) is 3. The summed E-state index contributed by atoms with van der Waals surface area (Å²) in [6, 6.07) is 6.81. The predicted octanol–water partition coefficient (Wildman–Crippen LogP) is 0.144. The van der Waals surface area contributed by atoms with Crippen molar-refractivity contribution in [1.82, 2.24) is 5.32 Å². The molecular weight excluding hydrogens is 270 g/mol. The molecule has 0 bridgehead atoms. The van der Waals surface area contributed by atoms with Crippen molar-refractivity contribution >= 4 is 11.8 Å². The highest BCUT2D eigenvalue weighted by atomic mass is 16.5. The van der Waals surface area contributed by atoms with Gasteiger partial charge in [0, 0.05) is 6.54 Å². The molecule has 1 aromatic rings. The molecule has 1 heterocycles. The fraction of sp³-hybridized carbons (Fsp3) is 0.467. The molecule has 0 radical (unpaired) electrons. The zero-order valence-electron chi connectivity index (χ0n) is 12.0. The van der Waals surface area contributed by atoms with Crippen molar-refractivity contribution in [2.24, 2.45) is 11.5 Å². The molecule has 2 amide bonds. The molecule has 2 rings (SSSR count). The van der Waals surface area contributed by atoms with Crippen molar-refractivity contribution in [2.45, 2.75) is 38.0 Å². The van der Waals surface area contributed by atoms with E-state index in [0.717, 1.165) is 11.1 Å². The van der Waals surface area contributed by atoms with Crippen LogP contribution < -0.4 is 16.8 Å². The summed E-state index contributed by atoms with van der Waals surface area (Å²) in [6.45, 7) is 2.31. The van der Waals surface area contributed by atoms with E-state index in [0.29, 0.717) is 19.4 Å². The van der Waals surface area contributed by atoms with E-state index in [-0.39, 0.29) is 12.0 Å². The maximum atomic E-state index is 12.0. The minimum Gasteiger partial charge on any atom is -0.367 e. The molecule has 3 atom stereocenters. The van der Waals surface area contributed by atoms with Crippen molar-refractivity contribution in [3.8, 4) is 0 Å². The van der Waals surface area contributed by atoms with Gasteiger partial charge in [-0.05, 0) is 25.3 Å². The van der Waals surface area contributed by atoms with Crippen LogP contribution in [0.3, 0.4) is 0 Å². The van der Waals surface area contributed by atoms with E-state index >= 15 is 0 Å². The predicted molar refractivity (Wildman–Crippen MR) is 78.2 cm³/mol. The third-order valence-corrected chi connectivity index (χ3v) is 3.65. The lowest BCUT2D eigenvalue weighted by Crippen LogP contribution is -2.39. The Hall–Kier alpha value is -1.92. The van der Waals surface area contributed by atoms with Gasteiger partial charge >= 0.3 is 0 Å². The molecule has 1 fully saturated rings. The molecule has 6 nitrogen and oxygen atoms in total. The number of aryl methyl sites for hydroxylation is 1. The SMILES string of the molecule is Cc1ccc(C(N)C(=O)NCC2CCC(C(N)=O)O2)cc1. The smallest absolute Gasteiger partial charge is 0.246 e. The third-order valence-electron chi connectivity index (χ3n) is 3.65. The molecule has 0 aromatic heterocycles. The second-order valence-electron chi connectivity index (χ2n) is 5.36. The Morgan fingerprint density at radius 1 is 1.33 bits per heavy atom. The number of carbonyl (C=O) groups excluding carboxylic acids is 2. The number of nitrogens with two attached hydrogens (primary N) is 2. The number of rotatable bonds is 5. The second-order valence-corrected chi connectivity index (χ2v) is 5.36. The van der Waals surface area contributed by atoms with E-state index in [2.05, 4.69) is 5.32 Å². The molecule has 5 N–H and O–H groups in total. The van der Waals surface area contributed by atoms with E-state index in [1.165, 1.54) is 0 Å². The number of ether oxygens (including phenoxy) is 1. The molecule has 6 heteroatoms. The molecule has 1 aromatic carbocycles. The van der Waals surface area contributed by atoms with Crippen LogP contribution >= 0.6 is 0 Å². The van der Waals surface area contributed by atoms with Gasteiger partial charge in [0.05, 0.1) is 6.10 Å². The van der Waals surface area contributed by atoms with E-state index < -0.39 is 18.1 Å². The lowest BCUT2D eigenvalue weighted by Gasteiger charge is -2.16. The summed E-state index contributed by atoms with van der Waals surface area (Å²) in [5, 5.41) is 2.76. The molecule has 0 saturated carbocycles. The van der Waals surface area contributed by atoms with Crippen LogP contribution in [-0.4, -0.2) is 30.6 Å². The van der Waals surface area contributed by atoms with Crippen LogP contribution in [-0.2, 0) is 14.3 Å². The van der Waals surface area contributed by atoms with Gasteiger partial charge in [0.25, 0.3) is 0 Å². The number of amides is 2. The molecule has 114 valence electrons. The first-order valence-electron chi connectivity index (χ1n) is 7.02. The zero-order valence-corrected chi connectivity index (χ0v) is 12.0. The number of nitrogens with one attached hydrogen (secondary N) is 1. The maximum absolute atomic E-state index is 12.0. The van der Waals surface area contributed by atoms with Crippen LogP contribution in [0.25, 0.3) is 0 Å². The summed E-state index contributed by atoms with van der Waals surface area (Å²) in [7, 11) is 0. The van der Waals surface area contributed by atoms with Gasteiger partial charge in [-0.2, -0.15) is 0 Å². The summed E-state index contributed by atoms with van der Waals surface area (Å²) in [6.07, 6.45) is 0.572. The summed E-state index contributed by atoms with van der Waals surface area (Å²) in [5.74, 6) is -0.717. The molecule has 3 unspecified atom stereocenters. The molecule has 0 aliphatic carbocycles. The standard InChI is InChI=1S/C15H21N3O3/c1-9-2-4-10(5-3-9)13(16)15(20)18-8-11-6-7-12(21-11)14(17)19/h2-5,11-13H,6-8,16H2,1H3,(H2,17,19)(H,18,20). The van der Waals surface area contributed by atoms with Crippen molar-refractivity contribution in [3.05, 3.63) is 35.4 Å². The quantitative estimate of drug-likeness (QED) is 0.717. The van der Waals surface area contributed by atoms with E-state index in [1.807, 2.05) is 31.2 Å². The van der Waals surface area contributed by atoms with Crippen molar-refractivity contribution in [3.63, 3.8) is 0 Å². The maximum Gasteiger partial charge on any atom is 0.246 e. The lowest BCUT2D eigenvalue weighted by molar-refractivity contribution is -0.128. The monoisotopic (exact) mass is 291 g/mol. The second kappa shape index (κ2) is 6.69. The van der Waals surface area contributed by atoms with Gasteiger partial charge < -0.3 is 21.5 Å². The minimum atomic E-state index is -0.709. The molecule has 1 aliphatic rings. The summed E-state index contributed by atoms with van der Waals surface area (Å²) >= 11 is 0. The highest BCUT2D eigenvalue weighted by molar-refractivity contribution is 5.83. The van der Waals surface area contributed by atoms with E-state index in [4.69, 9.17) is 16.2 Å². The first-order chi connectivity index (χ1) is 9.97. The van der Waals surface area contributed by atoms with Gasteiger partial charge in [-0.25, -0.2) is 0 Å². The van der Waals surface area contributed by atoms with E-state index in [9.17, 15) is 9.59 Å². The van der Waals surface area contributed by atoms with Crippen molar-refractivity contribution in [2.75, 3.05) is 6.54 Å². The molecule has 0 spiro atoms. The summed E-state index contributed by atoms with van der Waals surface area (Å²) in [5.41, 5.74) is 13.0. The van der Waals surface area contributed by atoms with Crippen LogP contribution in [0.2, 0.25) is 0 Å². The van der Waals surface area contributed by atoms with Gasteiger partial charge in [-0.1, -0.05) is 29.8 Å². The molecule has 1 saturated heterocycles.